The number of phenols is 1. The van der Waals surface area contributed by atoms with E-state index < -0.39 is 11.0 Å². The molecule has 0 aliphatic rings. The third-order valence-corrected chi connectivity index (χ3v) is 4.82. The molecule has 0 aliphatic heterocycles. The maximum atomic E-state index is 11.0. The fourth-order valence-corrected chi connectivity index (χ4v) is 3.28. The van der Waals surface area contributed by atoms with Crippen LogP contribution in [0.15, 0.2) is 73.1 Å². The summed E-state index contributed by atoms with van der Waals surface area (Å²) >= 11 is 0. The van der Waals surface area contributed by atoms with Crippen molar-refractivity contribution in [3.8, 4) is 5.75 Å². The first-order valence-corrected chi connectivity index (χ1v) is 9.03. The van der Waals surface area contributed by atoms with Gasteiger partial charge in [-0.05, 0) is 42.3 Å². The third kappa shape index (κ3) is 3.58. The summed E-state index contributed by atoms with van der Waals surface area (Å²) in [4.78, 5) is 19.3. The Labute approximate surface area is 166 Å². The lowest BCUT2D eigenvalue weighted by molar-refractivity contribution is -0.384. The average Bonchev–Trinajstić information content (AvgIpc) is 2.74. The molecule has 0 spiro atoms. The first kappa shape index (κ1) is 18.4. The van der Waals surface area contributed by atoms with E-state index in [2.05, 4.69) is 15.3 Å². The molecule has 2 N–H and O–H groups in total. The molecule has 4 rings (SSSR count). The zero-order valence-corrected chi connectivity index (χ0v) is 15.6. The minimum atomic E-state index is -0.476. The molecule has 0 unspecified atom stereocenters. The molecule has 0 aliphatic carbocycles. The molecule has 0 amide bonds. The molecular formula is C22H18N4O3. The van der Waals surface area contributed by atoms with Crippen molar-refractivity contribution in [2.45, 2.75) is 13.0 Å². The van der Waals surface area contributed by atoms with Crippen LogP contribution < -0.4 is 5.32 Å². The van der Waals surface area contributed by atoms with Gasteiger partial charge in [-0.3, -0.25) is 15.1 Å². The maximum Gasteiger partial charge on any atom is 0.269 e. The van der Waals surface area contributed by atoms with Crippen LogP contribution in [0.4, 0.5) is 11.5 Å². The summed E-state index contributed by atoms with van der Waals surface area (Å²) in [6, 6.07) is 17.0. The maximum absolute atomic E-state index is 11.0. The van der Waals surface area contributed by atoms with Crippen LogP contribution in [-0.4, -0.2) is 20.0 Å². The molecular weight excluding hydrogens is 368 g/mol. The van der Waals surface area contributed by atoms with Crippen molar-refractivity contribution in [1.29, 1.82) is 0 Å². The Morgan fingerprint density at radius 3 is 2.45 bits per heavy atom. The van der Waals surface area contributed by atoms with Gasteiger partial charge in [-0.2, -0.15) is 0 Å². The Kier molecular flexibility index (Phi) is 4.78. The second-order valence-corrected chi connectivity index (χ2v) is 6.67. The van der Waals surface area contributed by atoms with Crippen LogP contribution in [0.2, 0.25) is 0 Å². The smallest absolute Gasteiger partial charge is 0.269 e. The monoisotopic (exact) mass is 386 g/mol. The molecule has 1 atom stereocenters. The minimum Gasteiger partial charge on any atom is -0.505 e. The SMILES string of the molecule is Cc1cccnc1N[C@@H](c1ccc([N+](=O)[O-])cc1)c1ccc2cccnc2c1O. The Hall–Kier alpha value is -4.00. The highest BCUT2D eigenvalue weighted by Gasteiger charge is 2.21. The van der Waals surface area contributed by atoms with Gasteiger partial charge in [0.15, 0.2) is 0 Å². The highest BCUT2D eigenvalue weighted by atomic mass is 16.6. The summed E-state index contributed by atoms with van der Waals surface area (Å²) in [6.45, 7) is 1.93. The molecule has 7 nitrogen and oxygen atoms in total. The van der Waals surface area contributed by atoms with Gasteiger partial charge in [0.05, 0.1) is 11.0 Å². The van der Waals surface area contributed by atoms with Gasteiger partial charge in [0.1, 0.15) is 17.1 Å². The molecule has 0 radical (unpaired) electrons. The van der Waals surface area contributed by atoms with E-state index in [1.165, 1.54) is 12.1 Å². The average molecular weight is 386 g/mol. The van der Waals surface area contributed by atoms with Crippen LogP contribution in [0.1, 0.15) is 22.7 Å². The zero-order valence-electron chi connectivity index (χ0n) is 15.6. The fraction of sp³-hybridized carbons (Fsp3) is 0.0909. The first-order valence-electron chi connectivity index (χ1n) is 9.03. The summed E-state index contributed by atoms with van der Waals surface area (Å²) < 4.78 is 0. The van der Waals surface area contributed by atoms with E-state index in [0.717, 1.165) is 16.5 Å². The number of aromatic nitrogens is 2. The van der Waals surface area contributed by atoms with Gasteiger partial charge in [-0.25, -0.2) is 4.98 Å². The number of nitro groups is 1. The van der Waals surface area contributed by atoms with Gasteiger partial charge in [-0.15, -0.1) is 0 Å². The van der Waals surface area contributed by atoms with E-state index in [1.54, 1.807) is 24.5 Å². The summed E-state index contributed by atoms with van der Waals surface area (Å²) in [6.07, 6.45) is 3.31. The molecule has 0 saturated heterocycles. The number of nitrogens with zero attached hydrogens (tertiary/aromatic N) is 3. The number of rotatable bonds is 5. The van der Waals surface area contributed by atoms with Crippen molar-refractivity contribution >= 4 is 22.4 Å². The number of aromatic hydroxyl groups is 1. The highest BCUT2D eigenvalue weighted by molar-refractivity contribution is 5.86. The number of phenolic OH excluding ortho intramolecular Hbond substituents is 1. The van der Waals surface area contributed by atoms with Crippen LogP contribution >= 0.6 is 0 Å². The van der Waals surface area contributed by atoms with Crippen LogP contribution in [-0.2, 0) is 0 Å². The van der Waals surface area contributed by atoms with Gasteiger partial charge >= 0.3 is 0 Å². The van der Waals surface area contributed by atoms with Gasteiger partial charge in [0, 0.05) is 35.5 Å². The van der Waals surface area contributed by atoms with Gasteiger partial charge in [0.2, 0.25) is 0 Å². The first-order chi connectivity index (χ1) is 14.0. The van der Waals surface area contributed by atoms with Gasteiger partial charge in [0.25, 0.3) is 5.69 Å². The van der Waals surface area contributed by atoms with Crippen molar-refractivity contribution in [1.82, 2.24) is 9.97 Å². The van der Waals surface area contributed by atoms with E-state index in [-0.39, 0.29) is 11.4 Å². The minimum absolute atomic E-state index is 0.00548. The van der Waals surface area contributed by atoms with Crippen molar-refractivity contribution in [3.63, 3.8) is 0 Å². The number of hydrogen-bond donors (Lipinski definition) is 2. The Bertz CT molecular complexity index is 1190. The van der Waals surface area contributed by atoms with Crippen LogP contribution in [0.25, 0.3) is 10.9 Å². The van der Waals surface area contributed by atoms with Gasteiger partial charge < -0.3 is 10.4 Å². The number of non-ortho nitro benzene ring substituents is 1. The number of hydrogen-bond acceptors (Lipinski definition) is 6. The van der Waals surface area contributed by atoms with Crippen LogP contribution in [0.3, 0.4) is 0 Å². The summed E-state index contributed by atoms with van der Waals surface area (Å²) in [5.41, 5.74) is 2.81. The topological polar surface area (TPSA) is 101 Å². The molecule has 0 bridgehead atoms. The van der Waals surface area contributed by atoms with E-state index in [9.17, 15) is 15.2 Å². The molecule has 0 saturated carbocycles. The largest absolute Gasteiger partial charge is 0.505 e. The van der Waals surface area contributed by atoms with E-state index in [4.69, 9.17) is 0 Å². The van der Waals surface area contributed by atoms with Crippen molar-refractivity contribution in [3.05, 3.63) is 99.9 Å². The molecule has 2 heterocycles. The number of fused-ring (bicyclic) bond motifs is 1. The van der Waals surface area contributed by atoms with Crippen LogP contribution in [0, 0.1) is 17.0 Å². The summed E-state index contributed by atoms with van der Waals surface area (Å²) in [7, 11) is 0. The predicted molar refractivity (Wildman–Crippen MR) is 111 cm³/mol. The normalized spacial score (nSPS) is 11.9. The second-order valence-electron chi connectivity index (χ2n) is 6.67. The van der Waals surface area contributed by atoms with Gasteiger partial charge in [-0.1, -0.05) is 24.3 Å². The highest BCUT2D eigenvalue weighted by Crippen LogP contribution is 2.36. The van der Waals surface area contributed by atoms with Crippen molar-refractivity contribution in [2.24, 2.45) is 0 Å². The van der Waals surface area contributed by atoms with E-state index >= 15 is 0 Å². The number of benzene rings is 2. The number of pyridine rings is 2. The molecule has 2 aromatic carbocycles. The molecule has 29 heavy (non-hydrogen) atoms. The molecule has 2 aromatic heterocycles. The lowest BCUT2D eigenvalue weighted by Crippen LogP contribution is -2.14. The number of nitro benzene ring substituents is 1. The van der Waals surface area contributed by atoms with Crippen LogP contribution in [0.5, 0.6) is 5.75 Å². The number of nitrogens with one attached hydrogen (secondary N) is 1. The third-order valence-electron chi connectivity index (χ3n) is 4.82. The Balaban J connectivity index is 1.85. The quantitative estimate of drug-likeness (QED) is 0.379. The molecule has 144 valence electrons. The summed E-state index contributed by atoms with van der Waals surface area (Å²) in [5.74, 6) is 0.726. The lowest BCUT2D eigenvalue weighted by atomic mass is 9.96. The second kappa shape index (κ2) is 7.55. The number of aryl methyl sites for hydroxylation is 1. The van der Waals surface area contributed by atoms with Crippen molar-refractivity contribution < 1.29 is 10.0 Å². The Morgan fingerprint density at radius 2 is 1.72 bits per heavy atom. The van der Waals surface area contributed by atoms with E-state index in [0.29, 0.717) is 16.9 Å². The lowest BCUT2D eigenvalue weighted by Gasteiger charge is -2.22. The zero-order chi connectivity index (χ0) is 20.4. The molecule has 7 heteroatoms. The summed E-state index contributed by atoms with van der Waals surface area (Å²) in [5, 5.41) is 26.1. The molecule has 4 aromatic rings. The standard InChI is InChI=1S/C22H18N4O3/c1-14-4-2-13-24-22(14)25-19(16-6-9-17(10-7-16)26(28)29)18-11-8-15-5-3-12-23-20(15)21(18)27/h2-13,19,27H,1H3,(H,24,25)/t19-/m0/s1. The predicted octanol–water partition coefficient (Wildman–Crippen LogP) is 4.75. The van der Waals surface area contributed by atoms with Crippen molar-refractivity contribution in [2.75, 3.05) is 5.32 Å². The molecule has 0 fully saturated rings. The fourth-order valence-electron chi connectivity index (χ4n) is 3.28. The number of anilines is 1. The Morgan fingerprint density at radius 1 is 1.00 bits per heavy atom. The van der Waals surface area contributed by atoms with E-state index in [1.807, 2.05) is 43.3 Å².